The predicted octanol–water partition coefficient (Wildman–Crippen LogP) is 4.12. The van der Waals surface area contributed by atoms with Gasteiger partial charge in [-0.1, -0.05) is 37.3 Å². The highest BCUT2D eigenvalue weighted by atomic mass is 14.6. The van der Waals surface area contributed by atoms with Crippen LogP contribution in [-0.4, -0.2) is 0 Å². The van der Waals surface area contributed by atoms with Gasteiger partial charge in [0.2, 0.25) is 0 Å². The van der Waals surface area contributed by atoms with Crippen LogP contribution in [0.5, 0.6) is 0 Å². The number of aryl methyl sites for hydroxylation is 3. The number of anilines is 1. The maximum absolute atomic E-state index is 6.04. The number of nitrogens with two attached hydrogens (primary N) is 1. The van der Waals surface area contributed by atoms with Crippen molar-refractivity contribution in [3.63, 3.8) is 0 Å². The molecular formula is C16H19N. The fraction of sp³-hybridized carbons (Fsp3) is 0.250. The first kappa shape index (κ1) is 11.7. The molecule has 0 aliphatic carbocycles. The molecule has 0 heterocycles. The molecule has 2 rings (SSSR count). The smallest absolute Gasteiger partial charge is 0.0352 e. The average molecular weight is 225 g/mol. The van der Waals surface area contributed by atoms with Gasteiger partial charge in [0, 0.05) is 5.69 Å². The Morgan fingerprint density at radius 2 is 1.53 bits per heavy atom. The van der Waals surface area contributed by atoms with Crippen LogP contribution in [0.2, 0.25) is 0 Å². The molecule has 2 N–H and O–H groups in total. The van der Waals surface area contributed by atoms with Crippen LogP contribution < -0.4 is 5.73 Å². The van der Waals surface area contributed by atoms with Gasteiger partial charge in [0.25, 0.3) is 0 Å². The molecule has 0 bridgehead atoms. The number of hydrogen-bond acceptors (Lipinski definition) is 1. The van der Waals surface area contributed by atoms with Gasteiger partial charge < -0.3 is 5.73 Å². The molecule has 0 saturated heterocycles. The summed E-state index contributed by atoms with van der Waals surface area (Å²) < 4.78 is 0. The van der Waals surface area contributed by atoms with Gasteiger partial charge in [-0.25, -0.2) is 0 Å². The Hall–Kier alpha value is -1.76. The lowest BCUT2D eigenvalue weighted by atomic mass is 9.98. The summed E-state index contributed by atoms with van der Waals surface area (Å²) >= 11 is 0. The van der Waals surface area contributed by atoms with Gasteiger partial charge in [0.15, 0.2) is 0 Å². The first-order chi connectivity index (χ1) is 8.11. The SMILES string of the molecule is CCc1ccc(-c2ccc(C)c(C)c2)cc1N. The summed E-state index contributed by atoms with van der Waals surface area (Å²) in [5.41, 5.74) is 13.2. The predicted molar refractivity (Wildman–Crippen MR) is 75.1 cm³/mol. The molecule has 88 valence electrons. The standard InChI is InChI=1S/C16H19N/c1-4-13-7-8-15(10-16(13)17)14-6-5-11(2)12(3)9-14/h5-10H,4,17H2,1-3H3. The van der Waals surface area contributed by atoms with E-state index in [0.717, 1.165) is 12.1 Å². The number of benzene rings is 2. The van der Waals surface area contributed by atoms with Crippen LogP contribution in [0.1, 0.15) is 23.6 Å². The van der Waals surface area contributed by atoms with Crippen molar-refractivity contribution in [2.75, 3.05) is 5.73 Å². The summed E-state index contributed by atoms with van der Waals surface area (Å²) in [6.07, 6.45) is 0.985. The molecular weight excluding hydrogens is 206 g/mol. The van der Waals surface area contributed by atoms with E-state index in [2.05, 4.69) is 57.2 Å². The maximum atomic E-state index is 6.04. The number of nitrogen functional groups attached to an aromatic ring is 1. The van der Waals surface area contributed by atoms with Gasteiger partial charge in [-0.2, -0.15) is 0 Å². The average Bonchev–Trinajstić information content (AvgIpc) is 2.32. The maximum Gasteiger partial charge on any atom is 0.0352 e. The van der Waals surface area contributed by atoms with Gasteiger partial charge in [0.1, 0.15) is 0 Å². The third kappa shape index (κ3) is 2.33. The Morgan fingerprint density at radius 1 is 0.882 bits per heavy atom. The first-order valence-electron chi connectivity index (χ1n) is 6.08. The molecule has 17 heavy (non-hydrogen) atoms. The van der Waals surface area contributed by atoms with E-state index in [-0.39, 0.29) is 0 Å². The highest BCUT2D eigenvalue weighted by Gasteiger charge is 2.02. The Morgan fingerprint density at radius 3 is 2.12 bits per heavy atom. The van der Waals surface area contributed by atoms with Crippen molar-refractivity contribution in [1.29, 1.82) is 0 Å². The Balaban J connectivity index is 2.46. The van der Waals surface area contributed by atoms with Gasteiger partial charge in [-0.15, -0.1) is 0 Å². The highest BCUT2D eigenvalue weighted by Crippen LogP contribution is 2.25. The lowest BCUT2D eigenvalue weighted by Crippen LogP contribution is -1.93. The zero-order chi connectivity index (χ0) is 12.4. The minimum atomic E-state index is 0.892. The van der Waals surface area contributed by atoms with Crippen LogP contribution >= 0.6 is 0 Å². The third-order valence-electron chi connectivity index (χ3n) is 3.37. The van der Waals surface area contributed by atoms with E-state index in [4.69, 9.17) is 5.73 Å². The minimum absolute atomic E-state index is 0.892. The van der Waals surface area contributed by atoms with Gasteiger partial charge in [-0.3, -0.25) is 0 Å². The zero-order valence-corrected chi connectivity index (χ0v) is 10.7. The van der Waals surface area contributed by atoms with E-state index in [9.17, 15) is 0 Å². The molecule has 1 heteroatoms. The Kier molecular flexibility index (Phi) is 3.19. The molecule has 1 nitrogen and oxygen atoms in total. The Labute approximate surface area is 103 Å². The van der Waals surface area contributed by atoms with Crippen molar-refractivity contribution in [2.45, 2.75) is 27.2 Å². The first-order valence-corrected chi connectivity index (χ1v) is 6.08. The summed E-state index contributed by atoms with van der Waals surface area (Å²) in [6, 6.07) is 12.9. The molecule has 0 unspecified atom stereocenters. The van der Waals surface area contributed by atoms with Crippen molar-refractivity contribution >= 4 is 5.69 Å². The summed E-state index contributed by atoms with van der Waals surface area (Å²) in [7, 11) is 0. The van der Waals surface area contributed by atoms with Gasteiger partial charge in [0.05, 0.1) is 0 Å². The van der Waals surface area contributed by atoms with E-state index < -0.39 is 0 Å². The molecule has 0 fully saturated rings. The topological polar surface area (TPSA) is 26.0 Å². The van der Waals surface area contributed by atoms with E-state index in [1.165, 1.54) is 27.8 Å². The van der Waals surface area contributed by atoms with Crippen LogP contribution in [0.4, 0.5) is 5.69 Å². The van der Waals surface area contributed by atoms with Crippen LogP contribution in [-0.2, 0) is 6.42 Å². The molecule has 0 aromatic heterocycles. The molecule has 2 aromatic carbocycles. The van der Waals surface area contributed by atoms with Crippen LogP contribution in [0.25, 0.3) is 11.1 Å². The summed E-state index contributed by atoms with van der Waals surface area (Å²) in [4.78, 5) is 0. The van der Waals surface area contributed by atoms with Crippen molar-refractivity contribution in [2.24, 2.45) is 0 Å². The van der Waals surface area contributed by atoms with Crippen molar-refractivity contribution < 1.29 is 0 Å². The van der Waals surface area contributed by atoms with Crippen molar-refractivity contribution in [3.8, 4) is 11.1 Å². The zero-order valence-electron chi connectivity index (χ0n) is 10.7. The quantitative estimate of drug-likeness (QED) is 0.764. The molecule has 0 spiro atoms. The van der Waals surface area contributed by atoms with Crippen molar-refractivity contribution in [3.05, 3.63) is 53.1 Å². The second kappa shape index (κ2) is 4.62. The lowest BCUT2D eigenvalue weighted by Gasteiger charge is -2.09. The van der Waals surface area contributed by atoms with Crippen LogP contribution in [0, 0.1) is 13.8 Å². The summed E-state index contributed by atoms with van der Waals surface area (Å²) in [5, 5.41) is 0. The number of rotatable bonds is 2. The van der Waals surface area contributed by atoms with Crippen molar-refractivity contribution in [1.82, 2.24) is 0 Å². The monoisotopic (exact) mass is 225 g/mol. The number of hydrogen-bond donors (Lipinski definition) is 1. The third-order valence-corrected chi connectivity index (χ3v) is 3.37. The van der Waals surface area contributed by atoms with Crippen LogP contribution in [0.3, 0.4) is 0 Å². The van der Waals surface area contributed by atoms with E-state index >= 15 is 0 Å². The Bertz CT molecular complexity index is 541. The molecule has 0 aliphatic rings. The van der Waals surface area contributed by atoms with Gasteiger partial charge >= 0.3 is 0 Å². The highest BCUT2D eigenvalue weighted by molar-refractivity contribution is 5.70. The lowest BCUT2D eigenvalue weighted by molar-refractivity contribution is 1.14. The molecule has 0 amide bonds. The summed E-state index contributed by atoms with van der Waals surface area (Å²) in [5.74, 6) is 0. The van der Waals surface area contributed by atoms with E-state index in [1.54, 1.807) is 0 Å². The fourth-order valence-electron chi connectivity index (χ4n) is 2.02. The normalized spacial score (nSPS) is 10.5. The molecule has 0 radical (unpaired) electrons. The van der Waals surface area contributed by atoms with Crippen LogP contribution in [0.15, 0.2) is 36.4 Å². The molecule has 0 atom stereocenters. The molecule has 0 saturated carbocycles. The van der Waals surface area contributed by atoms with Gasteiger partial charge in [-0.05, 0) is 54.2 Å². The van der Waals surface area contributed by atoms with E-state index in [1.807, 2.05) is 0 Å². The van der Waals surface area contributed by atoms with E-state index in [0.29, 0.717) is 0 Å². The molecule has 2 aromatic rings. The minimum Gasteiger partial charge on any atom is -0.398 e. The second-order valence-corrected chi connectivity index (χ2v) is 4.57. The molecule has 0 aliphatic heterocycles. The fourth-order valence-corrected chi connectivity index (χ4v) is 2.02. The summed E-state index contributed by atoms with van der Waals surface area (Å²) in [6.45, 7) is 6.40. The largest absolute Gasteiger partial charge is 0.398 e. The second-order valence-electron chi connectivity index (χ2n) is 4.57.